The molecular weight excluding hydrogens is 334 g/mol. The number of carbonyl (C=O) groups excluding carboxylic acids is 2. The SMILES string of the molecule is C[C@@H]1CN(C(=O)c2cn(CCNC(=O)CC3CCCC3)nn2)C[C@H](C)O1. The minimum atomic E-state index is -0.122. The minimum Gasteiger partial charge on any atom is -0.372 e. The van der Waals surface area contributed by atoms with Gasteiger partial charge in [-0.2, -0.15) is 0 Å². The van der Waals surface area contributed by atoms with Crippen molar-refractivity contribution in [3.8, 4) is 0 Å². The van der Waals surface area contributed by atoms with Crippen LogP contribution in [0.5, 0.6) is 0 Å². The number of nitrogens with zero attached hydrogens (tertiary/aromatic N) is 4. The maximum atomic E-state index is 12.6. The first-order valence-corrected chi connectivity index (χ1v) is 9.63. The van der Waals surface area contributed by atoms with Crippen LogP contribution in [0.15, 0.2) is 6.20 Å². The van der Waals surface area contributed by atoms with E-state index < -0.39 is 0 Å². The van der Waals surface area contributed by atoms with Crippen molar-refractivity contribution in [2.45, 2.75) is 64.7 Å². The lowest BCUT2D eigenvalue weighted by atomic mass is 10.0. The summed E-state index contributed by atoms with van der Waals surface area (Å²) in [6.07, 6.45) is 7.13. The fourth-order valence-electron chi connectivity index (χ4n) is 3.87. The lowest BCUT2D eigenvalue weighted by Crippen LogP contribution is -2.48. The van der Waals surface area contributed by atoms with E-state index in [0.717, 1.165) is 0 Å². The number of hydrogen-bond donors (Lipinski definition) is 1. The highest BCUT2D eigenvalue weighted by atomic mass is 16.5. The molecule has 1 aromatic rings. The van der Waals surface area contributed by atoms with Crippen LogP contribution in [0.2, 0.25) is 0 Å². The highest BCUT2D eigenvalue weighted by Crippen LogP contribution is 2.27. The molecule has 8 heteroatoms. The topological polar surface area (TPSA) is 89.4 Å². The predicted molar refractivity (Wildman–Crippen MR) is 95.5 cm³/mol. The van der Waals surface area contributed by atoms with Gasteiger partial charge in [0, 0.05) is 26.1 Å². The Balaban J connectivity index is 1.44. The fourth-order valence-corrected chi connectivity index (χ4v) is 3.87. The number of rotatable bonds is 6. The third kappa shape index (κ3) is 5.03. The Labute approximate surface area is 154 Å². The number of amides is 2. The van der Waals surface area contributed by atoms with Gasteiger partial charge in [0.25, 0.3) is 5.91 Å². The van der Waals surface area contributed by atoms with Gasteiger partial charge in [-0.3, -0.25) is 9.59 Å². The smallest absolute Gasteiger partial charge is 0.276 e. The molecule has 2 aliphatic rings. The Bertz CT molecular complexity index is 616. The van der Waals surface area contributed by atoms with Crippen LogP contribution >= 0.6 is 0 Å². The highest BCUT2D eigenvalue weighted by molar-refractivity contribution is 5.92. The van der Waals surface area contributed by atoms with Crippen LogP contribution in [0.3, 0.4) is 0 Å². The quantitative estimate of drug-likeness (QED) is 0.821. The van der Waals surface area contributed by atoms with Crippen molar-refractivity contribution in [1.29, 1.82) is 0 Å². The largest absolute Gasteiger partial charge is 0.372 e. The van der Waals surface area contributed by atoms with E-state index in [1.54, 1.807) is 15.8 Å². The molecule has 1 aromatic heterocycles. The normalized spacial score (nSPS) is 24.0. The summed E-state index contributed by atoms with van der Waals surface area (Å²) in [4.78, 5) is 26.3. The third-order valence-corrected chi connectivity index (χ3v) is 5.08. The van der Waals surface area contributed by atoms with Crippen LogP contribution in [-0.4, -0.2) is 63.6 Å². The molecule has 2 heterocycles. The van der Waals surface area contributed by atoms with Gasteiger partial charge in [-0.05, 0) is 32.6 Å². The Morgan fingerprint density at radius 3 is 2.62 bits per heavy atom. The van der Waals surface area contributed by atoms with Crippen LogP contribution < -0.4 is 5.32 Å². The van der Waals surface area contributed by atoms with Gasteiger partial charge in [-0.15, -0.1) is 5.10 Å². The maximum Gasteiger partial charge on any atom is 0.276 e. The lowest BCUT2D eigenvalue weighted by Gasteiger charge is -2.34. The van der Waals surface area contributed by atoms with Gasteiger partial charge < -0.3 is 15.0 Å². The van der Waals surface area contributed by atoms with Crippen LogP contribution in [-0.2, 0) is 16.1 Å². The van der Waals surface area contributed by atoms with Crippen molar-refractivity contribution in [3.63, 3.8) is 0 Å². The second kappa shape index (κ2) is 8.62. The summed E-state index contributed by atoms with van der Waals surface area (Å²) >= 11 is 0. The van der Waals surface area contributed by atoms with Gasteiger partial charge in [0.05, 0.1) is 24.9 Å². The standard InChI is InChI=1S/C18H29N5O3/c1-13-10-22(11-14(2)26-13)18(25)16-12-23(21-20-16)8-7-19-17(24)9-15-5-3-4-6-15/h12-15H,3-11H2,1-2H3,(H,19,24)/t13-,14+. The van der Waals surface area contributed by atoms with Crippen LogP contribution in [0, 0.1) is 5.92 Å². The van der Waals surface area contributed by atoms with E-state index in [-0.39, 0.29) is 24.0 Å². The van der Waals surface area contributed by atoms with E-state index in [0.29, 0.717) is 44.2 Å². The zero-order valence-corrected chi connectivity index (χ0v) is 15.7. The molecule has 1 aliphatic heterocycles. The molecule has 0 unspecified atom stereocenters. The maximum absolute atomic E-state index is 12.6. The summed E-state index contributed by atoms with van der Waals surface area (Å²) in [6, 6.07) is 0. The lowest BCUT2D eigenvalue weighted by molar-refractivity contribution is -0.122. The van der Waals surface area contributed by atoms with Gasteiger partial charge in [-0.1, -0.05) is 18.1 Å². The van der Waals surface area contributed by atoms with E-state index in [1.165, 1.54) is 25.7 Å². The van der Waals surface area contributed by atoms with Gasteiger partial charge in [0.1, 0.15) is 0 Å². The number of carbonyl (C=O) groups is 2. The Morgan fingerprint density at radius 2 is 1.92 bits per heavy atom. The van der Waals surface area contributed by atoms with Crippen molar-refractivity contribution in [2.24, 2.45) is 5.92 Å². The summed E-state index contributed by atoms with van der Waals surface area (Å²) in [7, 11) is 0. The molecule has 0 radical (unpaired) electrons. The van der Waals surface area contributed by atoms with Gasteiger partial charge >= 0.3 is 0 Å². The first kappa shape index (κ1) is 18.8. The van der Waals surface area contributed by atoms with E-state index in [1.807, 2.05) is 13.8 Å². The monoisotopic (exact) mass is 363 g/mol. The molecule has 3 rings (SSSR count). The molecule has 2 amide bonds. The van der Waals surface area contributed by atoms with E-state index in [9.17, 15) is 9.59 Å². The summed E-state index contributed by atoms with van der Waals surface area (Å²) in [5.41, 5.74) is 0.337. The molecule has 0 aromatic carbocycles. The van der Waals surface area contributed by atoms with Crippen molar-refractivity contribution >= 4 is 11.8 Å². The van der Waals surface area contributed by atoms with E-state index >= 15 is 0 Å². The molecule has 0 spiro atoms. The fraction of sp³-hybridized carbons (Fsp3) is 0.778. The zero-order valence-electron chi connectivity index (χ0n) is 15.7. The number of morpholine rings is 1. The third-order valence-electron chi connectivity index (χ3n) is 5.08. The zero-order chi connectivity index (χ0) is 18.5. The molecule has 8 nitrogen and oxygen atoms in total. The number of nitrogens with one attached hydrogen (secondary N) is 1. The van der Waals surface area contributed by atoms with Gasteiger partial charge in [0.15, 0.2) is 5.69 Å². The molecule has 1 aliphatic carbocycles. The average Bonchev–Trinajstić information content (AvgIpc) is 3.25. The van der Waals surface area contributed by atoms with Crippen LogP contribution in [0.1, 0.15) is 56.4 Å². The summed E-state index contributed by atoms with van der Waals surface area (Å²) in [6.45, 7) is 6.05. The second-order valence-corrected chi connectivity index (χ2v) is 7.54. The summed E-state index contributed by atoms with van der Waals surface area (Å²) in [5.74, 6) is 0.525. The number of hydrogen-bond acceptors (Lipinski definition) is 5. The Kier molecular flexibility index (Phi) is 6.24. The van der Waals surface area contributed by atoms with Crippen LogP contribution in [0.25, 0.3) is 0 Å². The number of ether oxygens (including phenoxy) is 1. The molecule has 2 fully saturated rings. The van der Waals surface area contributed by atoms with Crippen molar-refractivity contribution in [3.05, 3.63) is 11.9 Å². The van der Waals surface area contributed by atoms with Crippen molar-refractivity contribution in [2.75, 3.05) is 19.6 Å². The average molecular weight is 363 g/mol. The predicted octanol–water partition coefficient (Wildman–Crippen LogP) is 1.22. The Hall–Kier alpha value is -1.96. The molecule has 2 atom stereocenters. The molecule has 144 valence electrons. The molecule has 1 saturated heterocycles. The highest BCUT2D eigenvalue weighted by Gasteiger charge is 2.28. The number of aromatic nitrogens is 3. The molecule has 1 saturated carbocycles. The van der Waals surface area contributed by atoms with Gasteiger partial charge in [0.2, 0.25) is 5.91 Å². The van der Waals surface area contributed by atoms with Crippen LogP contribution in [0.4, 0.5) is 0 Å². The van der Waals surface area contributed by atoms with E-state index in [4.69, 9.17) is 4.74 Å². The van der Waals surface area contributed by atoms with Crippen molar-refractivity contribution in [1.82, 2.24) is 25.2 Å². The molecule has 26 heavy (non-hydrogen) atoms. The minimum absolute atomic E-state index is 0.0211. The Morgan fingerprint density at radius 1 is 1.23 bits per heavy atom. The molecule has 1 N–H and O–H groups in total. The summed E-state index contributed by atoms with van der Waals surface area (Å²) < 4.78 is 7.26. The molecular formula is C18H29N5O3. The first-order valence-electron chi connectivity index (χ1n) is 9.63. The van der Waals surface area contributed by atoms with E-state index in [2.05, 4.69) is 15.6 Å². The first-order chi connectivity index (χ1) is 12.5. The van der Waals surface area contributed by atoms with Crippen molar-refractivity contribution < 1.29 is 14.3 Å². The summed E-state index contributed by atoms with van der Waals surface area (Å²) in [5, 5.41) is 10.9. The van der Waals surface area contributed by atoms with Gasteiger partial charge in [-0.25, -0.2) is 4.68 Å². The molecule has 0 bridgehead atoms. The second-order valence-electron chi connectivity index (χ2n) is 7.54.